The van der Waals surface area contributed by atoms with Crippen LogP contribution < -0.4 is 5.32 Å². The van der Waals surface area contributed by atoms with Crippen molar-refractivity contribution < 1.29 is 18.4 Å². The van der Waals surface area contributed by atoms with Crippen LogP contribution in [-0.4, -0.2) is 49.0 Å². The van der Waals surface area contributed by atoms with E-state index in [-0.39, 0.29) is 35.5 Å². The van der Waals surface area contributed by atoms with Crippen molar-refractivity contribution >= 4 is 21.4 Å². The summed E-state index contributed by atoms with van der Waals surface area (Å²) in [5.74, 6) is 0. The molecular formula is C12H19N3O5S. The molecule has 0 atom stereocenters. The van der Waals surface area contributed by atoms with E-state index in [2.05, 4.69) is 5.32 Å². The van der Waals surface area contributed by atoms with Gasteiger partial charge in [-0.1, -0.05) is 0 Å². The average Bonchev–Trinajstić information content (AvgIpc) is 2.43. The highest BCUT2D eigenvalue weighted by atomic mass is 32.2. The molecule has 0 unspecified atom stereocenters. The van der Waals surface area contributed by atoms with Gasteiger partial charge in [0.05, 0.1) is 16.4 Å². The summed E-state index contributed by atoms with van der Waals surface area (Å²) in [4.78, 5) is 10.2. The fourth-order valence-electron chi connectivity index (χ4n) is 1.92. The van der Waals surface area contributed by atoms with E-state index >= 15 is 0 Å². The molecule has 0 bridgehead atoms. The molecule has 0 aromatic heterocycles. The number of sulfonamides is 1. The number of hydrogen-bond acceptors (Lipinski definition) is 6. The van der Waals surface area contributed by atoms with Gasteiger partial charge in [-0.3, -0.25) is 10.1 Å². The van der Waals surface area contributed by atoms with Crippen LogP contribution in [0.1, 0.15) is 13.8 Å². The van der Waals surface area contributed by atoms with E-state index in [1.165, 1.54) is 19.2 Å². The van der Waals surface area contributed by atoms with Gasteiger partial charge in [0.25, 0.3) is 5.69 Å². The number of nitro groups is 1. The number of rotatable bonds is 7. The third-order valence-electron chi connectivity index (χ3n) is 2.94. The van der Waals surface area contributed by atoms with E-state index in [1.807, 2.05) is 0 Å². The van der Waals surface area contributed by atoms with Crippen molar-refractivity contribution in [2.75, 3.05) is 25.5 Å². The van der Waals surface area contributed by atoms with Gasteiger partial charge in [0.1, 0.15) is 5.69 Å². The second kappa shape index (κ2) is 6.83. The minimum Gasteiger partial charge on any atom is -0.395 e. The maximum atomic E-state index is 12.5. The maximum absolute atomic E-state index is 12.5. The van der Waals surface area contributed by atoms with Crippen LogP contribution in [0.4, 0.5) is 11.4 Å². The van der Waals surface area contributed by atoms with Crippen molar-refractivity contribution in [1.82, 2.24) is 4.31 Å². The van der Waals surface area contributed by atoms with Gasteiger partial charge >= 0.3 is 0 Å². The van der Waals surface area contributed by atoms with Crippen LogP contribution in [0.25, 0.3) is 0 Å². The molecule has 0 saturated carbocycles. The fraction of sp³-hybridized carbons (Fsp3) is 0.500. The second-order valence-corrected chi connectivity index (χ2v) is 6.51. The molecule has 0 heterocycles. The van der Waals surface area contributed by atoms with Crippen molar-refractivity contribution in [2.45, 2.75) is 24.8 Å². The highest BCUT2D eigenvalue weighted by molar-refractivity contribution is 7.89. The first-order valence-electron chi connectivity index (χ1n) is 6.34. The standard InChI is InChI=1S/C12H19N3O5S/c1-9(2)14(6-7-16)21(19,20)10-4-5-12(15(17)18)11(8-10)13-3/h4-5,8-9,13,16H,6-7H2,1-3H3. The number of nitrogens with zero attached hydrogens (tertiary/aromatic N) is 2. The van der Waals surface area contributed by atoms with Crippen LogP contribution in [0.2, 0.25) is 0 Å². The predicted octanol–water partition coefficient (Wildman–Crippen LogP) is 1.03. The summed E-state index contributed by atoms with van der Waals surface area (Å²) in [7, 11) is -2.35. The minimum absolute atomic E-state index is 0.0358. The Balaban J connectivity index is 3.34. The van der Waals surface area contributed by atoms with Crippen molar-refractivity contribution in [3.8, 4) is 0 Å². The number of aliphatic hydroxyl groups is 1. The van der Waals surface area contributed by atoms with E-state index < -0.39 is 14.9 Å². The van der Waals surface area contributed by atoms with Crippen LogP contribution in [-0.2, 0) is 10.0 Å². The molecule has 0 fully saturated rings. The first-order chi connectivity index (χ1) is 9.75. The van der Waals surface area contributed by atoms with E-state index in [4.69, 9.17) is 5.11 Å². The number of benzene rings is 1. The van der Waals surface area contributed by atoms with Gasteiger partial charge < -0.3 is 10.4 Å². The molecule has 2 N–H and O–H groups in total. The molecule has 1 aromatic rings. The Morgan fingerprint density at radius 3 is 2.48 bits per heavy atom. The molecule has 0 spiro atoms. The van der Waals surface area contributed by atoms with Gasteiger partial charge in [0.15, 0.2) is 0 Å². The molecule has 0 amide bonds. The zero-order valence-corrected chi connectivity index (χ0v) is 12.9. The minimum atomic E-state index is -3.83. The number of aliphatic hydroxyl groups excluding tert-OH is 1. The van der Waals surface area contributed by atoms with Crippen LogP contribution in [0.5, 0.6) is 0 Å². The maximum Gasteiger partial charge on any atom is 0.292 e. The Hall–Kier alpha value is -1.71. The quantitative estimate of drug-likeness (QED) is 0.573. The smallest absolute Gasteiger partial charge is 0.292 e. The summed E-state index contributed by atoms with van der Waals surface area (Å²) >= 11 is 0. The predicted molar refractivity (Wildman–Crippen MR) is 78.8 cm³/mol. The van der Waals surface area contributed by atoms with Crippen molar-refractivity contribution in [1.29, 1.82) is 0 Å². The third kappa shape index (κ3) is 3.69. The summed E-state index contributed by atoms with van der Waals surface area (Å²) in [6.07, 6.45) is 0. The van der Waals surface area contributed by atoms with E-state index in [0.29, 0.717) is 0 Å². The van der Waals surface area contributed by atoms with Crippen LogP contribution in [0.3, 0.4) is 0 Å². The average molecular weight is 317 g/mol. The molecule has 118 valence electrons. The number of anilines is 1. The summed E-state index contributed by atoms with van der Waals surface area (Å²) < 4.78 is 26.2. The lowest BCUT2D eigenvalue weighted by Gasteiger charge is -2.25. The summed E-state index contributed by atoms with van der Waals surface area (Å²) in [5.41, 5.74) is -0.0801. The van der Waals surface area contributed by atoms with Crippen LogP contribution in [0.15, 0.2) is 23.1 Å². The van der Waals surface area contributed by atoms with Gasteiger partial charge in [-0.05, 0) is 26.0 Å². The largest absolute Gasteiger partial charge is 0.395 e. The van der Waals surface area contributed by atoms with Gasteiger partial charge in [-0.15, -0.1) is 0 Å². The zero-order valence-electron chi connectivity index (χ0n) is 12.1. The molecule has 1 rings (SSSR count). The summed E-state index contributed by atoms with van der Waals surface area (Å²) in [6, 6.07) is 3.23. The third-order valence-corrected chi connectivity index (χ3v) is 5.01. The van der Waals surface area contributed by atoms with Gasteiger partial charge in [-0.2, -0.15) is 4.31 Å². The summed E-state index contributed by atoms with van der Waals surface area (Å²) in [6.45, 7) is 3.05. The molecule has 0 aliphatic carbocycles. The molecule has 21 heavy (non-hydrogen) atoms. The lowest BCUT2D eigenvalue weighted by Crippen LogP contribution is -2.38. The topological polar surface area (TPSA) is 113 Å². The van der Waals surface area contributed by atoms with Crippen molar-refractivity contribution in [3.05, 3.63) is 28.3 Å². The van der Waals surface area contributed by atoms with Crippen molar-refractivity contribution in [3.63, 3.8) is 0 Å². The Morgan fingerprint density at radius 1 is 1.43 bits per heavy atom. The van der Waals surface area contributed by atoms with E-state index in [9.17, 15) is 18.5 Å². The molecule has 0 aliphatic heterocycles. The molecule has 9 heteroatoms. The number of nitrogens with one attached hydrogen (secondary N) is 1. The Bertz CT molecular complexity index is 615. The zero-order chi connectivity index (χ0) is 16.2. The monoisotopic (exact) mass is 317 g/mol. The lowest BCUT2D eigenvalue weighted by molar-refractivity contribution is -0.384. The van der Waals surface area contributed by atoms with Crippen LogP contribution >= 0.6 is 0 Å². The van der Waals surface area contributed by atoms with E-state index in [1.54, 1.807) is 13.8 Å². The summed E-state index contributed by atoms with van der Waals surface area (Å²) in [5, 5.41) is 22.5. The Kier molecular flexibility index (Phi) is 5.64. The van der Waals surface area contributed by atoms with Crippen LogP contribution in [0, 0.1) is 10.1 Å². The SMILES string of the molecule is CNc1cc(S(=O)(=O)N(CCO)C(C)C)ccc1[N+](=O)[O-]. The van der Waals surface area contributed by atoms with Gasteiger partial charge in [-0.25, -0.2) is 8.42 Å². The first kappa shape index (κ1) is 17.3. The fourth-order valence-corrected chi connectivity index (χ4v) is 3.58. The highest BCUT2D eigenvalue weighted by Crippen LogP contribution is 2.28. The Labute approximate surface area is 123 Å². The second-order valence-electron chi connectivity index (χ2n) is 4.62. The van der Waals surface area contributed by atoms with Crippen molar-refractivity contribution in [2.24, 2.45) is 0 Å². The molecule has 0 radical (unpaired) electrons. The first-order valence-corrected chi connectivity index (χ1v) is 7.78. The number of nitro benzene ring substituents is 1. The molecule has 8 nitrogen and oxygen atoms in total. The normalized spacial score (nSPS) is 11.9. The van der Waals surface area contributed by atoms with Gasteiger partial charge in [0, 0.05) is 25.7 Å². The molecule has 1 aromatic carbocycles. The molecule has 0 aliphatic rings. The van der Waals surface area contributed by atoms with E-state index in [0.717, 1.165) is 10.4 Å². The highest BCUT2D eigenvalue weighted by Gasteiger charge is 2.28. The molecular weight excluding hydrogens is 298 g/mol. The van der Waals surface area contributed by atoms with Gasteiger partial charge in [0.2, 0.25) is 10.0 Å². The number of hydrogen-bond donors (Lipinski definition) is 2. The lowest BCUT2D eigenvalue weighted by atomic mass is 10.3. The Morgan fingerprint density at radius 2 is 2.05 bits per heavy atom. The molecule has 0 saturated heterocycles.